The fourth-order valence-corrected chi connectivity index (χ4v) is 5.06. The van der Waals surface area contributed by atoms with E-state index in [1.165, 1.54) is 38.5 Å². The molecular formula is C25H23ClF3N3O5S. The Morgan fingerprint density at radius 2 is 1.66 bits per heavy atom. The van der Waals surface area contributed by atoms with Gasteiger partial charge in [-0.05, 0) is 55.5 Å². The molecule has 0 aliphatic rings. The second-order valence-corrected chi connectivity index (χ2v) is 10.1. The number of methoxy groups -OCH3 is 2. The Labute approximate surface area is 222 Å². The molecule has 3 aromatic rings. The molecule has 8 nitrogen and oxygen atoms in total. The van der Waals surface area contributed by atoms with Crippen LogP contribution >= 0.6 is 11.6 Å². The third kappa shape index (κ3) is 6.56. The third-order valence-electron chi connectivity index (χ3n) is 5.31. The highest BCUT2D eigenvalue weighted by Gasteiger charge is 2.34. The first-order valence-corrected chi connectivity index (χ1v) is 12.7. The van der Waals surface area contributed by atoms with E-state index in [9.17, 15) is 26.4 Å². The van der Waals surface area contributed by atoms with Gasteiger partial charge in [-0.25, -0.2) is 13.8 Å². The highest BCUT2D eigenvalue weighted by Crippen LogP contribution is 2.37. The van der Waals surface area contributed by atoms with E-state index >= 15 is 0 Å². The predicted octanol–water partition coefficient (Wildman–Crippen LogP) is 5.11. The standard InChI is InChI=1S/C25H23ClF3N3O5S/c1-16(17-9-12-22(36-2)23(13-17)37-3)30-31-24(33)15-32(38(34,35)19-7-5-4-6-8-19)21-14-18(25(27,28)29)10-11-20(21)26/h4-14H,15H2,1-3H3,(H,31,33)/b30-16-. The number of alkyl halides is 3. The fraction of sp³-hybridized carbons (Fsp3) is 0.200. The average molecular weight is 570 g/mol. The molecule has 0 saturated heterocycles. The number of hydrogen-bond acceptors (Lipinski definition) is 6. The molecule has 13 heteroatoms. The van der Waals surface area contributed by atoms with Gasteiger partial charge in [0.1, 0.15) is 6.54 Å². The summed E-state index contributed by atoms with van der Waals surface area (Å²) in [5.41, 5.74) is 1.50. The van der Waals surface area contributed by atoms with Crippen LogP contribution in [0.15, 0.2) is 76.7 Å². The molecule has 0 heterocycles. The van der Waals surface area contributed by atoms with E-state index in [1.807, 2.05) is 0 Å². The molecule has 0 bridgehead atoms. The average Bonchev–Trinajstić information content (AvgIpc) is 2.90. The van der Waals surface area contributed by atoms with Crippen LogP contribution in [-0.4, -0.2) is 40.8 Å². The first kappa shape index (κ1) is 28.8. The van der Waals surface area contributed by atoms with Crippen LogP contribution in [0, 0.1) is 0 Å². The van der Waals surface area contributed by atoms with Gasteiger partial charge in [0.25, 0.3) is 15.9 Å². The summed E-state index contributed by atoms with van der Waals surface area (Å²) in [7, 11) is -1.57. The van der Waals surface area contributed by atoms with Crippen molar-refractivity contribution >= 4 is 38.9 Å². The molecular weight excluding hydrogens is 547 g/mol. The maximum atomic E-state index is 13.4. The lowest BCUT2D eigenvalue weighted by molar-refractivity contribution is -0.137. The van der Waals surface area contributed by atoms with E-state index in [1.54, 1.807) is 31.2 Å². The lowest BCUT2D eigenvalue weighted by Gasteiger charge is -2.25. The van der Waals surface area contributed by atoms with Crippen molar-refractivity contribution in [2.75, 3.05) is 25.1 Å². The monoisotopic (exact) mass is 569 g/mol. The maximum absolute atomic E-state index is 13.4. The number of carbonyl (C=O) groups is 1. The molecule has 0 fully saturated rings. The second-order valence-electron chi connectivity index (χ2n) is 7.79. The number of halogens is 4. The Bertz CT molecular complexity index is 1450. The first-order valence-electron chi connectivity index (χ1n) is 10.9. The zero-order valence-corrected chi connectivity index (χ0v) is 22.0. The Hall–Kier alpha value is -3.77. The predicted molar refractivity (Wildman–Crippen MR) is 137 cm³/mol. The van der Waals surface area contributed by atoms with E-state index in [0.29, 0.717) is 33.1 Å². The van der Waals surface area contributed by atoms with Crippen LogP contribution in [-0.2, 0) is 21.0 Å². The van der Waals surface area contributed by atoms with Crippen molar-refractivity contribution in [1.29, 1.82) is 0 Å². The summed E-state index contributed by atoms with van der Waals surface area (Å²) in [6.07, 6.45) is -4.77. The topological polar surface area (TPSA) is 97.3 Å². The molecule has 0 spiro atoms. The van der Waals surface area contributed by atoms with Crippen LogP contribution in [0.1, 0.15) is 18.1 Å². The largest absolute Gasteiger partial charge is 0.493 e. The summed E-state index contributed by atoms with van der Waals surface area (Å²) >= 11 is 6.12. The number of sulfonamides is 1. The molecule has 3 rings (SSSR count). The Balaban J connectivity index is 1.96. The van der Waals surface area contributed by atoms with Crippen molar-refractivity contribution < 1.29 is 35.9 Å². The minimum Gasteiger partial charge on any atom is -0.493 e. The van der Waals surface area contributed by atoms with Crippen LogP contribution in [0.5, 0.6) is 11.5 Å². The minimum absolute atomic E-state index is 0.244. The number of hydrogen-bond donors (Lipinski definition) is 1. The number of nitrogens with zero attached hydrogens (tertiary/aromatic N) is 2. The summed E-state index contributed by atoms with van der Waals surface area (Å²) in [5.74, 6) is -0.0178. The maximum Gasteiger partial charge on any atom is 0.416 e. The van der Waals surface area contributed by atoms with Crippen molar-refractivity contribution in [3.05, 3.63) is 82.9 Å². The number of amides is 1. The molecule has 202 valence electrons. The number of hydrazone groups is 1. The van der Waals surface area contributed by atoms with E-state index in [4.69, 9.17) is 21.1 Å². The van der Waals surface area contributed by atoms with E-state index in [2.05, 4.69) is 10.5 Å². The molecule has 1 amide bonds. The molecule has 0 unspecified atom stereocenters. The van der Waals surface area contributed by atoms with Crippen molar-refractivity contribution in [3.63, 3.8) is 0 Å². The van der Waals surface area contributed by atoms with Gasteiger partial charge < -0.3 is 9.47 Å². The van der Waals surface area contributed by atoms with Gasteiger partial charge in [-0.3, -0.25) is 9.10 Å². The second kappa shape index (κ2) is 11.7. The normalized spacial score (nSPS) is 12.1. The third-order valence-corrected chi connectivity index (χ3v) is 7.40. The van der Waals surface area contributed by atoms with Crippen LogP contribution in [0.3, 0.4) is 0 Å². The molecule has 0 atom stereocenters. The molecule has 1 N–H and O–H groups in total. The molecule has 0 saturated carbocycles. The van der Waals surface area contributed by atoms with Crippen LogP contribution in [0.25, 0.3) is 0 Å². The molecule has 0 aromatic heterocycles. The Kier molecular flexibility index (Phi) is 8.89. The van der Waals surface area contributed by atoms with Crippen molar-refractivity contribution in [3.8, 4) is 11.5 Å². The molecule has 3 aromatic carbocycles. The molecule has 0 aliphatic heterocycles. The summed E-state index contributed by atoms with van der Waals surface area (Å²) in [6, 6.07) is 14.1. The van der Waals surface area contributed by atoms with Gasteiger partial charge in [-0.2, -0.15) is 18.3 Å². The van der Waals surface area contributed by atoms with Gasteiger partial charge in [0.05, 0.1) is 41.1 Å². The summed E-state index contributed by atoms with van der Waals surface area (Å²) in [5, 5.41) is 3.70. The lowest BCUT2D eigenvalue weighted by atomic mass is 10.1. The molecule has 0 radical (unpaired) electrons. The Morgan fingerprint density at radius 3 is 2.26 bits per heavy atom. The minimum atomic E-state index is -4.77. The lowest BCUT2D eigenvalue weighted by Crippen LogP contribution is -2.40. The number of benzene rings is 3. The van der Waals surface area contributed by atoms with Crippen LogP contribution in [0.2, 0.25) is 5.02 Å². The van der Waals surface area contributed by atoms with Gasteiger partial charge in [0.15, 0.2) is 11.5 Å². The summed E-state index contributed by atoms with van der Waals surface area (Å²) in [6.45, 7) is 0.685. The van der Waals surface area contributed by atoms with Crippen molar-refractivity contribution in [1.82, 2.24) is 5.43 Å². The Morgan fingerprint density at radius 1 is 1.00 bits per heavy atom. The first-order chi connectivity index (χ1) is 17.9. The molecule has 38 heavy (non-hydrogen) atoms. The number of anilines is 1. The fourth-order valence-electron chi connectivity index (χ4n) is 3.34. The molecule has 0 aliphatic carbocycles. The zero-order chi connectivity index (χ0) is 28.1. The zero-order valence-electron chi connectivity index (χ0n) is 20.4. The number of ether oxygens (including phenoxy) is 2. The van der Waals surface area contributed by atoms with E-state index in [-0.39, 0.29) is 9.92 Å². The van der Waals surface area contributed by atoms with E-state index in [0.717, 1.165) is 12.1 Å². The summed E-state index contributed by atoms with van der Waals surface area (Å²) < 4.78 is 78.0. The van der Waals surface area contributed by atoms with E-state index < -0.39 is 39.9 Å². The van der Waals surface area contributed by atoms with Crippen LogP contribution < -0.4 is 19.2 Å². The number of carbonyl (C=O) groups excluding carboxylic acids is 1. The SMILES string of the molecule is COc1ccc(/C(C)=N\NC(=O)CN(c2cc(C(F)(F)F)ccc2Cl)S(=O)(=O)c2ccccc2)cc1OC. The highest BCUT2D eigenvalue weighted by atomic mass is 35.5. The van der Waals surface area contributed by atoms with Crippen molar-refractivity contribution in [2.24, 2.45) is 5.10 Å². The van der Waals surface area contributed by atoms with Gasteiger partial charge in [-0.1, -0.05) is 29.8 Å². The van der Waals surface area contributed by atoms with Crippen LogP contribution in [0.4, 0.5) is 18.9 Å². The van der Waals surface area contributed by atoms with Gasteiger partial charge >= 0.3 is 6.18 Å². The van der Waals surface area contributed by atoms with Gasteiger partial charge in [0.2, 0.25) is 0 Å². The smallest absolute Gasteiger partial charge is 0.416 e. The number of nitrogens with one attached hydrogen (secondary N) is 1. The van der Waals surface area contributed by atoms with Gasteiger partial charge in [-0.15, -0.1) is 0 Å². The van der Waals surface area contributed by atoms with Crippen molar-refractivity contribution in [2.45, 2.75) is 18.0 Å². The highest BCUT2D eigenvalue weighted by molar-refractivity contribution is 7.92. The quantitative estimate of drug-likeness (QED) is 0.285. The number of rotatable bonds is 9. The summed E-state index contributed by atoms with van der Waals surface area (Å²) in [4.78, 5) is 12.6. The van der Waals surface area contributed by atoms with Gasteiger partial charge in [0, 0.05) is 5.56 Å².